The summed E-state index contributed by atoms with van der Waals surface area (Å²) in [5.74, 6) is -0.193. The average Bonchev–Trinajstić information content (AvgIpc) is 3.16. The van der Waals surface area contributed by atoms with Gasteiger partial charge in [-0.15, -0.1) is 0 Å². The van der Waals surface area contributed by atoms with E-state index in [0.717, 1.165) is 44.7 Å². The van der Waals surface area contributed by atoms with Crippen LogP contribution in [0.1, 0.15) is 30.1 Å². The maximum atomic E-state index is 12.7. The van der Waals surface area contributed by atoms with Gasteiger partial charge in [-0.25, -0.2) is 0 Å². The van der Waals surface area contributed by atoms with Crippen LogP contribution < -0.4 is 10.2 Å². The summed E-state index contributed by atoms with van der Waals surface area (Å²) in [7, 11) is 0. The van der Waals surface area contributed by atoms with Gasteiger partial charge in [0.05, 0.1) is 18.8 Å². The van der Waals surface area contributed by atoms with Crippen LogP contribution in [0.2, 0.25) is 0 Å². The Hall–Kier alpha value is -2.08. The van der Waals surface area contributed by atoms with Gasteiger partial charge in [0.15, 0.2) is 0 Å². The van der Waals surface area contributed by atoms with Crippen LogP contribution in [0, 0.1) is 0 Å². The molecular formula is C18H25N3O3. The maximum absolute atomic E-state index is 12.7. The van der Waals surface area contributed by atoms with E-state index in [4.69, 9.17) is 4.74 Å². The SMILES string of the molecule is CC(NC(=O)c1ccccc1N1CCOCC1)C(=O)N1CCCC1. The molecule has 2 aliphatic rings. The normalized spacial score (nSPS) is 19.2. The van der Waals surface area contributed by atoms with E-state index in [-0.39, 0.29) is 11.8 Å². The van der Waals surface area contributed by atoms with Crippen molar-refractivity contribution < 1.29 is 14.3 Å². The lowest BCUT2D eigenvalue weighted by atomic mass is 10.1. The molecule has 2 saturated heterocycles. The molecule has 1 aromatic rings. The van der Waals surface area contributed by atoms with E-state index in [1.807, 2.05) is 29.2 Å². The standard InChI is InChI=1S/C18H25N3O3/c1-14(18(23)21-8-4-5-9-21)19-17(22)15-6-2-3-7-16(15)20-10-12-24-13-11-20/h2-3,6-7,14H,4-5,8-13H2,1H3,(H,19,22). The molecule has 3 rings (SSSR count). The molecule has 1 aromatic carbocycles. The van der Waals surface area contributed by atoms with E-state index in [0.29, 0.717) is 18.8 Å². The fraction of sp³-hybridized carbons (Fsp3) is 0.556. The van der Waals surface area contributed by atoms with Crippen LogP contribution in [0.15, 0.2) is 24.3 Å². The Balaban J connectivity index is 1.69. The number of ether oxygens (including phenoxy) is 1. The zero-order valence-corrected chi connectivity index (χ0v) is 14.2. The molecule has 130 valence electrons. The Morgan fingerprint density at radius 3 is 2.46 bits per heavy atom. The van der Waals surface area contributed by atoms with Gasteiger partial charge in [-0.1, -0.05) is 12.1 Å². The van der Waals surface area contributed by atoms with Gasteiger partial charge < -0.3 is 19.9 Å². The molecule has 6 nitrogen and oxygen atoms in total. The van der Waals surface area contributed by atoms with Crippen LogP contribution in [0.4, 0.5) is 5.69 Å². The molecule has 0 spiro atoms. The molecule has 1 atom stereocenters. The monoisotopic (exact) mass is 331 g/mol. The van der Waals surface area contributed by atoms with Crippen LogP contribution >= 0.6 is 0 Å². The summed E-state index contributed by atoms with van der Waals surface area (Å²) in [6.45, 7) is 6.22. The summed E-state index contributed by atoms with van der Waals surface area (Å²) < 4.78 is 5.38. The molecule has 24 heavy (non-hydrogen) atoms. The van der Waals surface area contributed by atoms with Crippen molar-refractivity contribution in [1.82, 2.24) is 10.2 Å². The number of anilines is 1. The number of carbonyl (C=O) groups excluding carboxylic acids is 2. The molecule has 0 aromatic heterocycles. The number of benzene rings is 1. The summed E-state index contributed by atoms with van der Waals surface area (Å²) in [6, 6.07) is 7.04. The molecule has 2 fully saturated rings. The Bertz CT molecular complexity index is 593. The highest BCUT2D eigenvalue weighted by atomic mass is 16.5. The Morgan fingerprint density at radius 1 is 1.08 bits per heavy atom. The first-order valence-electron chi connectivity index (χ1n) is 8.68. The molecule has 2 heterocycles. The van der Waals surface area contributed by atoms with E-state index >= 15 is 0 Å². The maximum Gasteiger partial charge on any atom is 0.254 e. The number of morpholine rings is 1. The number of para-hydroxylation sites is 1. The van der Waals surface area contributed by atoms with Crippen molar-refractivity contribution in [2.24, 2.45) is 0 Å². The van der Waals surface area contributed by atoms with Gasteiger partial charge in [0.25, 0.3) is 5.91 Å². The van der Waals surface area contributed by atoms with Gasteiger partial charge in [0, 0.05) is 31.9 Å². The fourth-order valence-electron chi connectivity index (χ4n) is 3.29. The van der Waals surface area contributed by atoms with Gasteiger partial charge in [0.1, 0.15) is 6.04 Å². The van der Waals surface area contributed by atoms with Gasteiger partial charge in [-0.2, -0.15) is 0 Å². The van der Waals surface area contributed by atoms with Crippen LogP contribution in [0.3, 0.4) is 0 Å². The number of rotatable bonds is 4. The number of nitrogens with zero attached hydrogens (tertiary/aromatic N) is 2. The van der Waals surface area contributed by atoms with Crippen molar-refractivity contribution in [1.29, 1.82) is 0 Å². The molecule has 1 unspecified atom stereocenters. The predicted octanol–water partition coefficient (Wildman–Crippen LogP) is 1.26. The van der Waals surface area contributed by atoms with E-state index in [2.05, 4.69) is 10.2 Å². The Labute approximate surface area is 142 Å². The summed E-state index contributed by atoms with van der Waals surface area (Å²) in [5, 5.41) is 2.86. The minimum absolute atomic E-state index is 0.00436. The zero-order chi connectivity index (χ0) is 16.9. The Morgan fingerprint density at radius 2 is 1.75 bits per heavy atom. The van der Waals surface area contributed by atoms with Crippen LogP contribution in [-0.4, -0.2) is 62.1 Å². The van der Waals surface area contributed by atoms with E-state index in [1.54, 1.807) is 6.92 Å². The molecular weight excluding hydrogens is 306 g/mol. The highest BCUT2D eigenvalue weighted by Gasteiger charge is 2.26. The molecule has 0 aliphatic carbocycles. The molecule has 0 bridgehead atoms. The van der Waals surface area contributed by atoms with Crippen molar-refractivity contribution in [3.8, 4) is 0 Å². The third-order valence-electron chi connectivity index (χ3n) is 4.64. The number of amides is 2. The quantitative estimate of drug-likeness (QED) is 0.902. The van der Waals surface area contributed by atoms with Crippen LogP contribution in [0.25, 0.3) is 0 Å². The first-order valence-corrected chi connectivity index (χ1v) is 8.68. The molecule has 1 N–H and O–H groups in total. The minimum Gasteiger partial charge on any atom is -0.378 e. The van der Waals surface area contributed by atoms with E-state index in [9.17, 15) is 9.59 Å². The molecule has 6 heteroatoms. The molecule has 2 aliphatic heterocycles. The number of carbonyl (C=O) groups is 2. The first kappa shape index (κ1) is 16.8. The molecule has 0 radical (unpaired) electrons. The topological polar surface area (TPSA) is 61.9 Å². The van der Waals surface area contributed by atoms with Crippen molar-refractivity contribution in [3.63, 3.8) is 0 Å². The fourth-order valence-corrected chi connectivity index (χ4v) is 3.29. The number of hydrogen-bond acceptors (Lipinski definition) is 4. The number of hydrogen-bond donors (Lipinski definition) is 1. The smallest absolute Gasteiger partial charge is 0.254 e. The minimum atomic E-state index is -0.506. The summed E-state index contributed by atoms with van der Waals surface area (Å²) in [5.41, 5.74) is 1.51. The summed E-state index contributed by atoms with van der Waals surface area (Å²) in [4.78, 5) is 29.1. The van der Waals surface area contributed by atoms with E-state index < -0.39 is 6.04 Å². The largest absolute Gasteiger partial charge is 0.378 e. The summed E-state index contributed by atoms with van der Waals surface area (Å²) in [6.07, 6.45) is 2.10. The van der Waals surface area contributed by atoms with Crippen molar-refractivity contribution in [2.75, 3.05) is 44.3 Å². The van der Waals surface area contributed by atoms with Gasteiger partial charge in [-0.05, 0) is 31.9 Å². The van der Waals surface area contributed by atoms with E-state index in [1.165, 1.54) is 0 Å². The van der Waals surface area contributed by atoms with Gasteiger partial charge in [0.2, 0.25) is 5.91 Å². The highest BCUT2D eigenvalue weighted by Crippen LogP contribution is 2.21. The van der Waals surface area contributed by atoms with Gasteiger partial charge in [-0.3, -0.25) is 9.59 Å². The first-order chi connectivity index (χ1) is 11.7. The van der Waals surface area contributed by atoms with Crippen LogP contribution in [0.5, 0.6) is 0 Å². The lowest BCUT2D eigenvalue weighted by molar-refractivity contribution is -0.131. The second-order valence-electron chi connectivity index (χ2n) is 6.34. The third kappa shape index (κ3) is 3.70. The van der Waals surface area contributed by atoms with Gasteiger partial charge >= 0.3 is 0 Å². The highest BCUT2D eigenvalue weighted by molar-refractivity contribution is 6.02. The molecule has 0 saturated carbocycles. The third-order valence-corrected chi connectivity index (χ3v) is 4.64. The lowest BCUT2D eigenvalue weighted by Gasteiger charge is -2.30. The molecule has 2 amide bonds. The second-order valence-corrected chi connectivity index (χ2v) is 6.34. The van der Waals surface area contributed by atoms with Crippen molar-refractivity contribution in [3.05, 3.63) is 29.8 Å². The predicted molar refractivity (Wildman–Crippen MR) is 92.2 cm³/mol. The van der Waals surface area contributed by atoms with Crippen molar-refractivity contribution >= 4 is 17.5 Å². The second kappa shape index (κ2) is 7.66. The summed E-state index contributed by atoms with van der Waals surface area (Å²) >= 11 is 0. The van der Waals surface area contributed by atoms with Crippen molar-refractivity contribution in [2.45, 2.75) is 25.8 Å². The number of nitrogens with one attached hydrogen (secondary N) is 1. The lowest BCUT2D eigenvalue weighted by Crippen LogP contribution is -2.46. The van der Waals surface area contributed by atoms with Crippen LogP contribution in [-0.2, 0) is 9.53 Å². The zero-order valence-electron chi connectivity index (χ0n) is 14.2. The average molecular weight is 331 g/mol. The number of likely N-dealkylation sites (tertiary alicyclic amines) is 1. The Kier molecular flexibility index (Phi) is 5.35.